The van der Waals surface area contributed by atoms with Gasteiger partial charge in [-0.2, -0.15) is 0 Å². The third-order valence-electron chi connectivity index (χ3n) is 5.15. The average molecular weight is 418 g/mol. The molecule has 0 saturated heterocycles. The Balaban J connectivity index is 0.000000183. The molecule has 0 fully saturated rings. The molecule has 0 aliphatic carbocycles. The van der Waals surface area contributed by atoms with Gasteiger partial charge in [0.2, 0.25) is 0 Å². The molecule has 6 nitrogen and oxygen atoms in total. The highest BCUT2D eigenvalue weighted by atomic mass is 16.5. The van der Waals surface area contributed by atoms with Crippen LogP contribution < -0.4 is 5.73 Å². The van der Waals surface area contributed by atoms with Crippen molar-refractivity contribution in [1.82, 2.24) is 9.97 Å². The van der Waals surface area contributed by atoms with Crippen molar-refractivity contribution in [3.63, 3.8) is 0 Å². The molecule has 4 rings (SSSR count). The summed E-state index contributed by atoms with van der Waals surface area (Å²) in [5, 5.41) is 2.51. The van der Waals surface area contributed by atoms with E-state index >= 15 is 0 Å². The average Bonchev–Trinajstić information content (AvgIpc) is 3.17. The summed E-state index contributed by atoms with van der Waals surface area (Å²) in [6, 6.07) is 18.8. The SMILES string of the molecule is CC(C)C(C=O)C(N)C(=O)OCc1ccccc1.c1ccc2c(c1)[nH]c1cnccc12. The van der Waals surface area contributed by atoms with Crippen molar-refractivity contribution >= 4 is 34.1 Å². The molecule has 4 aromatic rings. The fourth-order valence-electron chi connectivity index (χ4n) is 3.34. The first-order valence-corrected chi connectivity index (χ1v) is 10.2. The number of benzene rings is 2. The van der Waals surface area contributed by atoms with Crippen LogP contribution >= 0.6 is 0 Å². The van der Waals surface area contributed by atoms with Gasteiger partial charge in [0.05, 0.1) is 11.7 Å². The first kappa shape index (κ1) is 22.2. The van der Waals surface area contributed by atoms with Gasteiger partial charge in [-0.3, -0.25) is 9.78 Å². The summed E-state index contributed by atoms with van der Waals surface area (Å²) in [6.07, 6.45) is 4.40. The molecule has 3 N–H and O–H groups in total. The molecule has 0 amide bonds. The molecule has 0 bridgehead atoms. The minimum Gasteiger partial charge on any atom is -0.460 e. The van der Waals surface area contributed by atoms with Crippen LogP contribution in [-0.2, 0) is 20.9 Å². The van der Waals surface area contributed by atoms with Crippen molar-refractivity contribution in [3.05, 3.63) is 78.6 Å². The fourth-order valence-corrected chi connectivity index (χ4v) is 3.34. The second kappa shape index (κ2) is 10.5. The van der Waals surface area contributed by atoms with Gasteiger partial charge in [0.25, 0.3) is 0 Å². The number of H-pyrrole nitrogens is 1. The Bertz CT molecular complexity index is 1090. The van der Waals surface area contributed by atoms with Crippen LogP contribution in [0.25, 0.3) is 21.8 Å². The van der Waals surface area contributed by atoms with Gasteiger partial charge >= 0.3 is 5.97 Å². The third-order valence-corrected chi connectivity index (χ3v) is 5.15. The number of carbonyl (C=O) groups is 2. The quantitative estimate of drug-likeness (QED) is 0.361. The molecular weight excluding hydrogens is 390 g/mol. The molecule has 2 aromatic carbocycles. The van der Waals surface area contributed by atoms with Gasteiger partial charge < -0.3 is 20.2 Å². The highest BCUT2D eigenvalue weighted by Gasteiger charge is 2.28. The second-order valence-electron chi connectivity index (χ2n) is 7.67. The number of ether oxygens (including phenoxy) is 1. The number of fused-ring (bicyclic) bond motifs is 3. The van der Waals surface area contributed by atoms with Gasteiger partial charge in [-0.05, 0) is 23.6 Å². The Kier molecular flexibility index (Phi) is 7.51. The minimum absolute atomic E-state index is 0.0155. The normalized spacial score (nSPS) is 12.8. The summed E-state index contributed by atoms with van der Waals surface area (Å²) < 4.78 is 5.10. The maximum Gasteiger partial charge on any atom is 0.323 e. The Morgan fingerprint density at radius 3 is 2.42 bits per heavy atom. The topological polar surface area (TPSA) is 98.1 Å². The largest absolute Gasteiger partial charge is 0.460 e. The number of aromatic amines is 1. The van der Waals surface area contributed by atoms with Crippen LogP contribution in [0.1, 0.15) is 19.4 Å². The highest BCUT2D eigenvalue weighted by Crippen LogP contribution is 2.23. The number of esters is 1. The van der Waals surface area contributed by atoms with E-state index in [1.54, 1.807) is 0 Å². The lowest BCUT2D eigenvalue weighted by atomic mass is 9.90. The molecule has 0 aliphatic rings. The zero-order chi connectivity index (χ0) is 22.2. The lowest BCUT2D eigenvalue weighted by molar-refractivity contribution is -0.149. The number of hydrogen-bond donors (Lipinski definition) is 2. The standard InChI is InChI=1S/C14H19NO3.C11H8N2/c1-10(2)12(8-16)13(15)14(17)18-9-11-6-4-3-5-7-11;1-2-4-10-8(3-1)9-5-6-12-7-11(9)13-10/h3-8,10,12-13H,9,15H2,1-2H3;1-7,13H. The zero-order valence-electron chi connectivity index (χ0n) is 17.7. The molecule has 0 saturated carbocycles. The van der Waals surface area contributed by atoms with Crippen molar-refractivity contribution < 1.29 is 14.3 Å². The van der Waals surface area contributed by atoms with E-state index < -0.39 is 17.9 Å². The van der Waals surface area contributed by atoms with Crippen molar-refractivity contribution in [2.75, 3.05) is 0 Å². The van der Waals surface area contributed by atoms with Crippen molar-refractivity contribution in [3.8, 4) is 0 Å². The van der Waals surface area contributed by atoms with Crippen molar-refractivity contribution in [1.29, 1.82) is 0 Å². The number of aldehydes is 1. The van der Waals surface area contributed by atoms with Gasteiger partial charge in [0.1, 0.15) is 18.9 Å². The Labute approximate surface area is 181 Å². The van der Waals surface area contributed by atoms with E-state index in [2.05, 4.69) is 28.2 Å². The highest BCUT2D eigenvalue weighted by molar-refractivity contribution is 6.06. The second-order valence-corrected chi connectivity index (χ2v) is 7.67. The Hall–Kier alpha value is -3.51. The van der Waals surface area contributed by atoms with Gasteiger partial charge in [0.15, 0.2) is 0 Å². The number of aromatic nitrogens is 2. The molecule has 2 heterocycles. The molecule has 2 unspecified atom stereocenters. The molecular formula is C25H27N3O3. The van der Waals surface area contributed by atoms with Crippen LogP contribution in [0.3, 0.4) is 0 Å². The molecule has 31 heavy (non-hydrogen) atoms. The number of rotatable bonds is 6. The molecule has 160 valence electrons. The summed E-state index contributed by atoms with van der Waals surface area (Å²) in [6.45, 7) is 3.88. The van der Waals surface area contributed by atoms with Gasteiger partial charge in [-0.25, -0.2) is 0 Å². The fraction of sp³-hybridized carbons (Fsp3) is 0.240. The molecule has 2 aromatic heterocycles. The predicted octanol–water partition coefficient (Wildman–Crippen LogP) is 4.24. The van der Waals surface area contributed by atoms with E-state index in [0.29, 0.717) is 0 Å². The van der Waals surface area contributed by atoms with Gasteiger partial charge in [0, 0.05) is 28.4 Å². The van der Waals surface area contributed by atoms with Crippen molar-refractivity contribution in [2.24, 2.45) is 17.6 Å². The summed E-state index contributed by atoms with van der Waals surface area (Å²) >= 11 is 0. The Morgan fingerprint density at radius 1 is 1.03 bits per heavy atom. The van der Waals surface area contributed by atoms with Crippen LogP contribution in [0.5, 0.6) is 0 Å². The van der Waals surface area contributed by atoms with Crippen LogP contribution in [-0.4, -0.2) is 28.3 Å². The summed E-state index contributed by atoms with van der Waals surface area (Å²) in [5.41, 5.74) is 8.90. The van der Waals surface area contributed by atoms with E-state index in [0.717, 1.165) is 17.4 Å². The van der Waals surface area contributed by atoms with Gasteiger partial charge in [-0.15, -0.1) is 0 Å². The zero-order valence-corrected chi connectivity index (χ0v) is 17.7. The number of carbonyl (C=O) groups excluding carboxylic acids is 2. The predicted molar refractivity (Wildman–Crippen MR) is 122 cm³/mol. The van der Waals surface area contributed by atoms with Crippen LogP contribution in [0, 0.1) is 11.8 Å². The van der Waals surface area contributed by atoms with E-state index in [4.69, 9.17) is 10.5 Å². The molecule has 6 heteroatoms. The van der Waals surface area contributed by atoms with E-state index in [1.165, 1.54) is 16.3 Å². The maximum atomic E-state index is 11.7. The number of pyridine rings is 1. The van der Waals surface area contributed by atoms with E-state index in [9.17, 15) is 9.59 Å². The molecule has 2 atom stereocenters. The molecule has 0 aliphatic heterocycles. The minimum atomic E-state index is -0.897. The summed E-state index contributed by atoms with van der Waals surface area (Å²) in [4.78, 5) is 30.0. The van der Waals surface area contributed by atoms with E-state index in [-0.39, 0.29) is 12.5 Å². The third kappa shape index (κ3) is 5.55. The lowest BCUT2D eigenvalue weighted by Crippen LogP contribution is -2.42. The summed E-state index contributed by atoms with van der Waals surface area (Å²) in [7, 11) is 0. The molecule has 0 radical (unpaired) electrons. The lowest BCUT2D eigenvalue weighted by Gasteiger charge is -2.20. The number of nitrogens with zero attached hydrogens (tertiary/aromatic N) is 1. The van der Waals surface area contributed by atoms with Gasteiger partial charge in [-0.1, -0.05) is 62.4 Å². The Morgan fingerprint density at radius 2 is 1.71 bits per heavy atom. The number of nitrogens with two attached hydrogens (primary N) is 1. The number of hydrogen-bond acceptors (Lipinski definition) is 5. The first-order chi connectivity index (χ1) is 15.0. The maximum absolute atomic E-state index is 11.7. The van der Waals surface area contributed by atoms with Crippen molar-refractivity contribution in [2.45, 2.75) is 26.5 Å². The first-order valence-electron chi connectivity index (χ1n) is 10.2. The number of para-hydroxylation sites is 1. The van der Waals surface area contributed by atoms with Crippen LogP contribution in [0.15, 0.2) is 73.1 Å². The van der Waals surface area contributed by atoms with Crippen LogP contribution in [0.4, 0.5) is 0 Å². The monoisotopic (exact) mass is 417 g/mol. The summed E-state index contributed by atoms with van der Waals surface area (Å²) in [5.74, 6) is -1.03. The molecule has 0 spiro atoms. The van der Waals surface area contributed by atoms with E-state index in [1.807, 2.05) is 68.7 Å². The van der Waals surface area contributed by atoms with Crippen LogP contribution in [0.2, 0.25) is 0 Å². The smallest absolute Gasteiger partial charge is 0.323 e. The number of nitrogens with one attached hydrogen (secondary N) is 1.